The van der Waals surface area contributed by atoms with Crippen LogP contribution in [0.4, 0.5) is 5.13 Å². The number of fused-ring (bicyclic) bond motifs is 1. The highest BCUT2D eigenvalue weighted by atomic mass is 32.1. The van der Waals surface area contributed by atoms with Crippen LogP contribution in [0.1, 0.15) is 10.5 Å². The quantitative estimate of drug-likeness (QED) is 0.615. The molecule has 1 amide bonds. The predicted molar refractivity (Wildman–Crippen MR) is 95.0 cm³/mol. The van der Waals surface area contributed by atoms with Crippen molar-refractivity contribution in [3.63, 3.8) is 0 Å². The number of hydrogen-bond acceptors (Lipinski definition) is 5. The number of thiazole rings is 1. The first-order valence-electron chi connectivity index (χ1n) is 7.32. The minimum Gasteiger partial charge on any atom is -0.296 e. The van der Waals surface area contributed by atoms with Crippen LogP contribution in [0.5, 0.6) is 0 Å². The third kappa shape index (κ3) is 2.75. The summed E-state index contributed by atoms with van der Waals surface area (Å²) in [4.78, 5) is 25.2. The number of amides is 1. The number of nitrogens with zero attached hydrogens (tertiary/aromatic N) is 3. The summed E-state index contributed by atoms with van der Waals surface area (Å²) in [6.45, 7) is 0. The number of hydrogen-bond donors (Lipinski definition) is 1. The number of nitrogens with one attached hydrogen (secondary N) is 1. The predicted octanol–water partition coefficient (Wildman–Crippen LogP) is 4.01. The SMILES string of the molecule is O=C(Nc1nccs1)c1ccc2cccc(-c3cccnc3)c2n1. The number of aromatic nitrogens is 3. The van der Waals surface area contributed by atoms with Crippen LogP contribution < -0.4 is 5.32 Å². The minimum atomic E-state index is -0.271. The van der Waals surface area contributed by atoms with E-state index in [2.05, 4.69) is 20.3 Å². The third-order valence-corrected chi connectivity index (χ3v) is 4.27. The third-order valence-electron chi connectivity index (χ3n) is 3.58. The van der Waals surface area contributed by atoms with Gasteiger partial charge in [0, 0.05) is 40.5 Å². The van der Waals surface area contributed by atoms with E-state index in [0.29, 0.717) is 10.8 Å². The number of benzene rings is 1. The summed E-state index contributed by atoms with van der Waals surface area (Å²) in [6.07, 6.45) is 5.17. The summed E-state index contributed by atoms with van der Waals surface area (Å²) in [5.74, 6) is -0.271. The van der Waals surface area contributed by atoms with Gasteiger partial charge in [0.1, 0.15) is 5.69 Å². The number of carbonyl (C=O) groups excluding carboxylic acids is 1. The fourth-order valence-electron chi connectivity index (χ4n) is 2.47. The Morgan fingerprint density at radius 2 is 2.00 bits per heavy atom. The van der Waals surface area contributed by atoms with Gasteiger partial charge in [-0.1, -0.05) is 30.3 Å². The maximum absolute atomic E-state index is 12.4. The number of pyridine rings is 2. The molecule has 116 valence electrons. The molecule has 0 spiro atoms. The van der Waals surface area contributed by atoms with E-state index in [1.165, 1.54) is 11.3 Å². The zero-order chi connectivity index (χ0) is 16.4. The molecule has 4 rings (SSSR count). The smallest absolute Gasteiger partial charge is 0.276 e. The first kappa shape index (κ1) is 14.5. The molecule has 0 saturated carbocycles. The average molecular weight is 332 g/mol. The van der Waals surface area contributed by atoms with Crippen LogP contribution in [0.2, 0.25) is 0 Å². The van der Waals surface area contributed by atoms with Crippen molar-refractivity contribution in [1.82, 2.24) is 15.0 Å². The number of rotatable bonds is 3. The average Bonchev–Trinajstić information content (AvgIpc) is 3.14. The maximum Gasteiger partial charge on any atom is 0.276 e. The van der Waals surface area contributed by atoms with E-state index < -0.39 is 0 Å². The Bertz CT molecular complexity index is 1000. The van der Waals surface area contributed by atoms with E-state index in [1.807, 2.05) is 41.8 Å². The van der Waals surface area contributed by atoms with Crippen molar-refractivity contribution in [3.8, 4) is 11.1 Å². The standard InChI is InChI=1S/C18H12N4OS/c23-17(22-18-20-9-10-24-18)15-7-6-12-3-1-5-14(16(12)21-15)13-4-2-8-19-11-13/h1-11H,(H,20,22,23). The number of carbonyl (C=O) groups is 1. The lowest BCUT2D eigenvalue weighted by Crippen LogP contribution is -2.13. The van der Waals surface area contributed by atoms with Crippen LogP contribution >= 0.6 is 11.3 Å². The molecule has 0 unspecified atom stereocenters. The van der Waals surface area contributed by atoms with Crippen molar-refractivity contribution in [2.45, 2.75) is 0 Å². The van der Waals surface area contributed by atoms with Gasteiger partial charge in [-0.25, -0.2) is 9.97 Å². The summed E-state index contributed by atoms with van der Waals surface area (Å²) in [5, 5.41) is 6.10. The van der Waals surface area contributed by atoms with E-state index in [0.717, 1.165) is 22.0 Å². The normalized spacial score (nSPS) is 10.7. The molecule has 1 aromatic carbocycles. The molecule has 4 aromatic rings. The molecule has 0 bridgehead atoms. The summed E-state index contributed by atoms with van der Waals surface area (Å²) in [7, 11) is 0. The zero-order valence-corrected chi connectivity index (χ0v) is 13.3. The molecule has 0 radical (unpaired) electrons. The van der Waals surface area contributed by atoms with Gasteiger partial charge < -0.3 is 0 Å². The number of anilines is 1. The van der Waals surface area contributed by atoms with Crippen LogP contribution in [-0.4, -0.2) is 20.9 Å². The van der Waals surface area contributed by atoms with Crippen LogP contribution in [-0.2, 0) is 0 Å². The molecule has 0 fully saturated rings. The Kier molecular flexibility index (Phi) is 3.72. The topological polar surface area (TPSA) is 67.8 Å². The summed E-state index contributed by atoms with van der Waals surface area (Å²) in [6, 6.07) is 13.4. The molecule has 3 heterocycles. The van der Waals surface area contributed by atoms with Gasteiger partial charge in [-0.15, -0.1) is 11.3 Å². The Hall–Kier alpha value is -3.12. The van der Waals surface area contributed by atoms with Gasteiger partial charge in [0.15, 0.2) is 5.13 Å². The fourth-order valence-corrected chi connectivity index (χ4v) is 3.00. The van der Waals surface area contributed by atoms with Gasteiger partial charge >= 0.3 is 0 Å². The molecular formula is C18H12N4OS. The maximum atomic E-state index is 12.4. The van der Waals surface area contributed by atoms with Crippen molar-refractivity contribution in [3.05, 3.63) is 72.1 Å². The Morgan fingerprint density at radius 1 is 1.04 bits per heavy atom. The molecule has 3 aromatic heterocycles. The van der Waals surface area contributed by atoms with E-state index >= 15 is 0 Å². The van der Waals surface area contributed by atoms with Crippen LogP contribution in [0.25, 0.3) is 22.0 Å². The van der Waals surface area contributed by atoms with E-state index in [1.54, 1.807) is 24.7 Å². The minimum absolute atomic E-state index is 0.271. The summed E-state index contributed by atoms with van der Waals surface area (Å²) >= 11 is 1.37. The van der Waals surface area contributed by atoms with Crippen LogP contribution in [0.15, 0.2) is 66.4 Å². The van der Waals surface area contributed by atoms with Gasteiger partial charge in [0.2, 0.25) is 0 Å². The Balaban J connectivity index is 1.78. The first-order valence-corrected chi connectivity index (χ1v) is 8.20. The Morgan fingerprint density at radius 3 is 2.79 bits per heavy atom. The van der Waals surface area contributed by atoms with Crippen molar-refractivity contribution in [2.24, 2.45) is 0 Å². The lowest BCUT2D eigenvalue weighted by atomic mass is 10.0. The second-order valence-electron chi connectivity index (χ2n) is 5.11. The molecule has 1 N–H and O–H groups in total. The lowest BCUT2D eigenvalue weighted by Gasteiger charge is -2.08. The van der Waals surface area contributed by atoms with Gasteiger partial charge in [0.25, 0.3) is 5.91 Å². The molecule has 5 nitrogen and oxygen atoms in total. The Labute approximate surface area is 142 Å². The highest BCUT2D eigenvalue weighted by molar-refractivity contribution is 7.13. The monoisotopic (exact) mass is 332 g/mol. The van der Waals surface area contributed by atoms with E-state index in [4.69, 9.17) is 0 Å². The molecule has 6 heteroatoms. The van der Waals surface area contributed by atoms with Crippen molar-refractivity contribution < 1.29 is 4.79 Å². The summed E-state index contributed by atoms with van der Waals surface area (Å²) < 4.78 is 0. The molecule has 0 aliphatic heterocycles. The second kappa shape index (κ2) is 6.17. The summed E-state index contributed by atoms with van der Waals surface area (Å²) in [5.41, 5.74) is 3.05. The van der Waals surface area contributed by atoms with Gasteiger partial charge in [-0.2, -0.15) is 0 Å². The highest BCUT2D eigenvalue weighted by Gasteiger charge is 2.12. The van der Waals surface area contributed by atoms with Gasteiger partial charge in [-0.05, 0) is 12.1 Å². The first-order chi connectivity index (χ1) is 11.8. The van der Waals surface area contributed by atoms with Crippen molar-refractivity contribution in [2.75, 3.05) is 5.32 Å². The van der Waals surface area contributed by atoms with Crippen LogP contribution in [0.3, 0.4) is 0 Å². The molecule has 0 saturated heterocycles. The van der Waals surface area contributed by atoms with Gasteiger partial charge in [0.05, 0.1) is 5.52 Å². The highest BCUT2D eigenvalue weighted by Crippen LogP contribution is 2.27. The van der Waals surface area contributed by atoms with Gasteiger partial charge in [-0.3, -0.25) is 15.1 Å². The lowest BCUT2D eigenvalue weighted by molar-refractivity contribution is 0.102. The largest absolute Gasteiger partial charge is 0.296 e. The molecule has 0 atom stereocenters. The number of para-hydroxylation sites is 1. The molecule has 24 heavy (non-hydrogen) atoms. The molecule has 0 aliphatic rings. The van der Waals surface area contributed by atoms with E-state index in [-0.39, 0.29) is 5.91 Å². The van der Waals surface area contributed by atoms with Crippen molar-refractivity contribution >= 4 is 33.3 Å². The molecular weight excluding hydrogens is 320 g/mol. The second-order valence-corrected chi connectivity index (χ2v) is 6.00. The zero-order valence-electron chi connectivity index (χ0n) is 12.5. The molecule has 0 aliphatic carbocycles. The van der Waals surface area contributed by atoms with Crippen molar-refractivity contribution in [1.29, 1.82) is 0 Å². The van der Waals surface area contributed by atoms with E-state index in [9.17, 15) is 4.79 Å². The van der Waals surface area contributed by atoms with Crippen LogP contribution in [0, 0.1) is 0 Å². The fraction of sp³-hybridized carbons (Fsp3) is 0.